The van der Waals surface area contributed by atoms with Crippen LogP contribution >= 0.6 is 0 Å². The van der Waals surface area contributed by atoms with E-state index in [4.69, 9.17) is 5.11 Å². The van der Waals surface area contributed by atoms with Crippen molar-refractivity contribution in [1.82, 2.24) is 4.90 Å². The van der Waals surface area contributed by atoms with E-state index in [2.05, 4.69) is 0 Å². The largest absolute Gasteiger partial charge is 0.480 e. The highest BCUT2D eigenvalue weighted by Crippen LogP contribution is 2.29. The van der Waals surface area contributed by atoms with Crippen LogP contribution < -0.4 is 0 Å². The van der Waals surface area contributed by atoms with E-state index in [9.17, 15) is 9.59 Å². The number of hydrogen-bond donors (Lipinski definition) is 1. The highest BCUT2D eigenvalue weighted by atomic mass is 16.4. The first-order valence-corrected chi connectivity index (χ1v) is 5.48. The first-order valence-electron chi connectivity index (χ1n) is 5.48. The molecule has 0 aromatic rings. The molecule has 1 amide bonds. The fourth-order valence-corrected chi connectivity index (χ4v) is 1.51. The van der Waals surface area contributed by atoms with Crippen molar-refractivity contribution in [2.75, 3.05) is 13.1 Å². The monoisotopic (exact) mass is 213 g/mol. The first-order chi connectivity index (χ1) is 6.99. The lowest BCUT2D eigenvalue weighted by molar-refractivity contribution is -0.145. The Labute approximate surface area is 90.3 Å². The summed E-state index contributed by atoms with van der Waals surface area (Å²) >= 11 is 0. The first kappa shape index (κ1) is 12.0. The van der Waals surface area contributed by atoms with Gasteiger partial charge in [-0.25, -0.2) is 0 Å². The van der Waals surface area contributed by atoms with Crippen molar-refractivity contribution in [1.29, 1.82) is 0 Å². The van der Waals surface area contributed by atoms with Gasteiger partial charge < -0.3 is 10.0 Å². The molecule has 0 unspecified atom stereocenters. The van der Waals surface area contributed by atoms with Crippen LogP contribution in [0.25, 0.3) is 0 Å². The van der Waals surface area contributed by atoms with Crippen molar-refractivity contribution in [3.8, 4) is 0 Å². The van der Waals surface area contributed by atoms with Crippen LogP contribution in [-0.2, 0) is 9.59 Å². The van der Waals surface area contributed by atoms with E-state index in [0.29, 0.717) is 18.9 Å². The summed E-state index contributed by atoms with van der Waals surface area (Å²) in [5.74, 6) is -0.125. The number of carbonyl (C=O) groups is 2. The summed E-state index contributed by atoms with van der Waals surface area (Å²) in [5, 5.41) is 8.71. The van der Waals surface area contributed by atoms with Crippen molar-refractivity contribution in [2.24, 2.45) is 11.8 Å². The van der Waals surface area contributed by atoms with Gasteiger partial charge >= 0.3 is 5.97 Å². The average Bonchev–Trinajstić information content (AvgIpc) is 2.84. The molecule has 1 aliphatic carbocycles. The van der Waals surface area contributed by atoms with Crippen LogP contribution in [0.1, 0.15) is 33.1 Å². The third-order valence-electron chi connectivity index (χ3n) is 2.44. The van der Waals surface area contributed by atoms with Crippen LogP contribution in [0.15, 0.2) is 0 Å². The molecule has 0 bridgehead atoms. The van der Waals surface area contributed by atoms with Crippen molar-refractivity contribution in [3.63, 3.8) is 0 Å². The molecule has 0 heterocycles. The zero-order valence-corrected chi connectivity index (χ0v) is 9.40. The van der Waals surface area contributed by atoms with Gasteiger partial charge in [-0.3, -0.25) is 9.59 Å². The number of carboxylic acid groups (broad SMARTS) is 1. The number of amides is 1. The Morgan fingerprint density at radius 2 is 2.00 bits per heavy atom. The second kappa shape index (κ2) is 5.14. The summed E-state index contributed by atoms with van der Waals surface area (Å²) < 4.78 is 0. The van der Waals surface area contributed by atoms with E-state index >= 15 is 0 Å². The Kier molecular flexibility index (Phi) is 4.12. The molecule has 0 radical (unpaired) electrons. The maximum atomic E-state index is 11.7. The minimum atomic E-state index is -0.923. The standard InChI is InChI=1S/C11H19NO3/c1-8(2)5-10(13)12(7-11(14)15)6-9-3-4-9/h8-9H,3-7H2,1-2H3,(H,14,15). The molecule has 0 saturated heterocycles. The second-order valence-electron chi connectivity index (χ2n) is 4.71. The lowest BCUT2D eigenvalue weighted by Gasteiger charge is -2.21. The molecule has 0 aromatic carbocycles. The van der Waals surface area contributed by atoms with Gasteiger partial charge in [0, 0.05) is 13.0 Å². The van der Waals surface area contributed by atoms with Crippen molar-refractivity contribution in [3.05, 3.63) is 0 Å². The Morgan fingerprint density at radius 3 is 2.40 bits per heavy atom. The Hall–Kier alpha value is -1.06. The quantitative estimate of drug-likeness (QED) is 0.724. The zero-order chi connectivity index (χ0) is 11.4. The van der Waals surface area contributed by atoms with E-state index in [1.54, 1.807) is 0 Å². The number of carbonyl (C=O) groups excluding carboxylic acids is 1. The van der Waals surface area contributed by atoms with Crippen LogP contribution in [0.5, 0.6) is 0 Å². The molecule has 4 nitrogen and oxygen atoms in total. The summed E-state index contributed by atoms with van der Waals surface area (Å²) in [6.07, 6.45) is 2.70. The molecular formula is C11H19NO3. The van der Waals surface area contributed by atoms with Crippen LogP contribution in [0, 0.1) is 11.8 Å². The van der Waals surface area contributed by atoms with E-state index in [-0.39, 0.29) is 18.4 Å². The van der Waals surface area contributed by atoms with E-state index in [0.717, 1.165) is 12.8 Å². The summed E-state index contributed by atoms with van der Waals surface area (Å²) in [5.41, 5.74) is 0. The van der Waals surface area contributed by atoms with Gasteiger partial charge in [-0.05, 0) is 24.7 Å². The number of aliphatic carboxylic acids is 1. The summed E-state index contributed by atoms with van der Waals surface area (Å²) in [6.45, 7) is 4.40. The molecule has 0 spiro atoms. The fourth-order valence-electron chi connectivity index (χ4n) is 1.51. The third kappa shape index (κ3) is 4.81. The average molecular weight is 213 g/mol. The molecule has 86 valence electrons. The molecule has 1 fully saturated rings. The molecule has 0 atom stereocenters. The summed E-state index contributed by atoms with van der Waals surface area (Å²) in [7, 11) is 0. The topological polar surface area (TPSA) is 57.6 Å². The molecule has 0 aromatic heterocycles. The van der Waals surface area contributed by atoms with Gasteiger partial charge in [0.2, 0.25) is 5.91 Å². The summed E-state index contributed by atoms with van der Waals surface area (Å²) in [4.78, 5) is 23.8. The molecule has 4 heteroatoms. The van der Waals surface area contributed by atoms with Gasteiger partial charge in [-0.15, -0.1) is 0 Å². The van der Waals surface area contributed by atoms with Gasteiger partial charge in [0.15, 0.2) is 0 Å². The van der Waals surface area contributed by atoms with Gasteiger partial charge in [-0.2, -0.15) is 0 Å². The maximum Gasteiger partial charge on any atom is 0.323 e. The Balaban J connectivity index is 2.45. The highest BCUT2D eigenvalue weighted by Gasteiger charge is 2.27. The lowest BCUT2D eigenvalue weighted by atomic mass is 10.1. The normalized spacial score (nSPS) is 15.4. The Morgan fingerprint density at radius 1 is 1.40 bits per heavy atom. The minimum Gasteiger partial charge on any atom is -0.480 e. The van der Waals surface area contributed by atoms with Crippen LogP contribution in [0.2, 0.25) is 0 Å². The van der Waals surface area contributed by atoms with Gasteiger partial charge in [0.05, 0.1) is 0 Å². The summed E-state index contributed by atoms with van der Waals surface area (Å²) in [6, 6.07) is 0. The van der Waals surface area contributed by atoms with E-state index < -0.39 is 5.97 Å². The van der Waals surface area contributed by atoms with Crippen LogP contribution in [0.3, 0.4) is 0 Å². The molecule has 15 heavy (non-hydrogen) atoms. The smallest absolute Gasteiger partial charge is 0.323 e. The van der Waals surface area contributed by atoms with Crippen molar-refractivity contribution < 1.29 is 14.7 Å². The van der Waals surface area contributed by atoms with Crippen LogP contribution in [0.4, 0.5) is 0 Å². The van der Waals surface area contributed by atoms with Gasteiger partial charge in [-0.1, -0.05) is 13.8 Å². The molecule has 1 rings (SSSR count). The van der Waals surface area contributed by atoms with Crippen molar-refractivity contribution in [2.45, 2.75) is 33.1 Å². The number of carboxylic acids is 1. The molecule has 1 aliphatic rings. The molecule has 1 saturated carbocycles. The van der Waals surface area contributed by atoms with E-state index in [1.165, 1.54) is 4.90 Å². The van der Waals surface area contributed by atoms with Gasteiger partial charge in [0.1, 0.15) is 6.54 Å². The molecule has 1 N–H and O–H groups in total. The van der Waals surface area contributed by atoms with Crippen molar-refractivity contribution >= 4 is 11.9 Å². The SMILES string of the molecule is CC(C)CC(=O)N(CC(=O)O)CC1CC1. The zero-order valence-electron chi connectivity index (χ0n) is 9.40. The van der Waals surface area contributed by atoms with E-state index in [1.807, 2.05) is 13.8 Å². The fraction of sp³-hybridized carbons (Fsp3) is 0.818. The van der Waals surface area contributed by atoms with Gasteiger partial charge in [0.25, 0.3) is 0 Å². The highest BCUT2D eigenvalue weighted by molar-refractivity contribution is 5.81. The number of nitrogens with zero attached hydrogens (tertiary/aromatic N) is 1. The Bertz CT molecular complexity index is 246. The third-order valence-corrected chi connectivity index (χ3v) is 2.44. The molecule has 0 aliphatic heterocycles. The second-order valence-corrected chi connectivity index (χ2v) is 4.71. The minimum absolute atomic E-state index is 0.0284. The van der Waals surface area contributed by atoms with Crippen LogP contribution in [-0.4, -0.2) is 35.0 Å². The lowest BCUT2D eigenvalue weighted by Crippen LogP contribution is -2.37. The maximum absolute atomic E-state index is 11.7. The molecular weight excluding hydrogens is 194 g/mol. The predicted molar refractivity (Wildman–Crippen MR) is 56.4 cm³/mol. The number of rotatable bonds is 6. The predicted octanol–water partition coefficient (Wildman–Crippen LogP) is 1.36. The number of hydrogen-bond acceptors (Lipinski definition) is 2.